The van der Waals surface area contributed by atoms with Crippen molar-refractivity contribution in [2.75, 3.05) is 24.5 Å². The Bertz CT molecular complexity index is 1440. The molecule has 2 fully saturated rings. The Morgan fingerprint density at radius 1 is 0.892 bits per heavy atom. The number of hydrogen-bond donors (Lipinski definition) is 0. The molecule has 0 aromatic heterocycles. The fourth-order valence-corrected chi connectivity index (χ4v) is 6.09. The summed E-state index contributed by atoms with van der Waals surface area (Å²) in [5.41, 5.74) is 1.82. The van der Waals surface area contributed by atoms with Crippen LogP contribution < -0.4 is 4.90 Å². The summed E-state index contributed by atoms with van der Waals surface area (Å²) in [5, 5.41) is 2.08. The smallest absolute Gasteiger partial charge is 0.242 e. The molecule has 0 spiro atoms. The molecule has 3 heterocycles. The molecule has 0 bridgehead atoms. The summed E-state index contributed by atoms with van der Waals surface area (Å²) in [6, 6.07) is 21.7. The van der Waals surface area contributed by atoms with Gasteiger partial charge in [-0.05, 0) is 47.7 Å². The molecule has 7 nitrogen and oxygen atoms in total. The van der Waals surface area contributed by atoms with Crippen LogP contribution in [0.4, 0.5) is 5.69 Å². The van der Waals surface area contributed by atoms with Gasteiger partial charge in [0, 0.05) is 31.2 Å². The maximum Gasteiger partial charge on any atom is 0.242 e. The van der Waals surface area contributed by atoms with Gasteiger partial charge in [-0.15, -0.1) is 0 Å². The van der Waals surface area contributed by atoms with Crippen LogP contribution in [0.1, 0.15) is 37.3 Å². The molecule has 4 amide bonds. The topological polar surface area (TPSA) is 78.0 Å². The van der Waals surface area contributed by atoms with Crippen molar-refractivity contribution < 1.29 is 19.2 Å². The first-order valence-electron chi connectivity index (χ1n) is 12.9. The number of likely N-dealkylation sites (tertiary alicyclic amines) is 2. The first-order valence-corrected chi connectivity index (χ1v) is 12.9. The van der Waals surface area contributed by atoms with E-state index in [0.29, 0.717) is 32.4 Å². The Balaban J connectivity index is 1.12. The summed E-state index contributed by atoms with van der Waals surface area (Å²) >= 11 is 0. The fourth-order valence-electron chi connectivity index (χ4n) is 6.09. The van der Waals surface area contributed by atoms with Crippen molar-refractivity contribution in [3.8, 4) is 0 Å². The molecule has 37 heavy (non-hydrogen) atoms. The number of nitrogens with zero attached hydrogens (tertiary/aromatic N) is 3. The number of piperidine rings is 1. The summed E-state index contributed by atoms with van der Waals surface area (Å²) in [5.74, 6) is -0.762. The highest BCUT2D eigenvalue weighted by Gasteiger charge is 2.50. The number of para-hydroxylation sites is 1. The Morgan fingerprint density at radius 2 is 1.59 bits per heavy atom. The monoisotopic (exact) mass is 495 g/mol. The molecule has 6 rings (SSSR count). The molecule has 0 radical (unpaired) electrons. The van der Waals surface area contributed by atoms with Crippen LogP contribution >= 0.6 is 0 Å². The average Bonchev–Trinajstić information content (AvgIpc) is 3.36. The van der Waals surface area contributed by atoms with Gasteiger partial charge in [-0.25, -0.2) is 0 Å². The van der Waals surface area contributed by atoms with E-state index in [-0.39, 0.29) is 42.6 Å². The van der Waals surface area contributed by atoms with Gasteiger partial charge in [0.15, 0.2) is 0 Å². The molecular formula is C30H29N3O4. The van der Waals surface area contributed by atoms with Crippen LogP contribution in [0.15, 0.2) is 66.7 Å². The zero-order valence-corrected chi connectivity index (χ0v) is 20.9. The number of carbonyl (C=O) groups excluding carboxylic acids is 4. The van der Waals surface area contributed by atoms with E-state index in [0.717, 1.165) is 32.5 Å². The van der Waals surface area contributed by atoms with Gasteiger partial charge in [0.2, 0.25) is 23.6 Å². The Hall–Kier alpha value is -4.00. The third kappa shape index (κ3) is 3.89. The zero-order chi connectivity index (χ0) is 25.7. The van der Waals surface area contributed by atoms with Crippen LogP contribution in [0.3, 0.4) is 0 Å². The lowest BCUT2D eigenvalue weighted by Crippen LogP contribution is -2.51. The standard InChI is InChI=1S/C30H29N3O4/c1-30(23-11-10-20-6-2-3-7-21(20)16-23)18-27(35)32(29(30)37)19-28(36)31-14-12-24(13-15-31)33-25-9-5-4-8-22(25)17-26(33)34/h2-11,16,24H,12-15,17-19H2,1H3/t30-/m0/s1. The molecule has 7 heteroatoms. The van der Waals surface area contributed by atoms with Crippen LogP contribution in [0.5, 0.6) is 0 Å². The van der Waals surface area contributed by atoms with E-state index in [9.17, 15) is 19.2 Å². The maximum absolute atomic E-state index is 13.5. The van der Waals surface area contributed by atoms with Gasteiger partial charge < -0.3 is 9.80 Å². The number of fused-ring (bicyclic) bond motifs is 2. The lowest BCUT2D eigenvalue weighted by molar-refractivity contribution is -0.146. The fraction of sp³-hybridized carbons (Fsp3) is 0.333. The van der Waals surface area contributed by atoms with Crippen molar-refractivity contribution in [1.82, 2.24) is 9.80 Å². The van der Waals surface area contributed by atoms with Crippen LogP contribution in [0, 0.1) is 0 Å². The van der Waals surface area contributed by atoms with Gasteiger partial charge in [-0.1, -0.05) is 60.7 Å². The predicted octanol–water partition coefficient (Wildman–Crippen LogP) is 3.44. The second-order valence-corrected chi connectivity index (χ2v) is 10.5. The SMILES string of the molecule is C[C@@]1(c2ccc3ccccc3c2)CC(=O)N(CC(=O)N2CCC(N3C(=O)Cc4ccccc43)CC2)C1=O. The molecule has 2 saturated heterocycles. The molecular weight excluding hydrogens is 466 g/mol. The van der Waals surface area contributed by atoms with Crippen LogP contribution in [0.25, 0.3) is 10.8 Å². The van der Waals surface area contributed by atoms with Crippen LogP contribution in [-0.2, 0) is 31.0 Å². The van der Waals surface area contributed by atoms with Crippen LogP contribution in [0.2, 0.25) is 0 Å². The molecule has 0 unspecified atom stereocenters. The number of imide groups is 1. The zero-order valence-electron chi connectivity index (χ0n) is 20.9. The molecule has 188 valence electrons. The molecule has 0 aliphatic carbocycles. The highest BCUT2D eigenvalue weighted by atomic mass is 16.2. The molecule has 3 aromatic carbocycles. The molecule has 3 aliphatic heterocycles. The summed E-state index contributed by atoms with van der Waals surface area (Å²) in [6.45, 7) is 2.54. The minimum absolute atomic E-state index is 0.0476. The highest BCUT2D eigenvalue weighted by molar-refractivity contribution is 6.11. The number of carbonyl (C=O) groups is 4. The van der Waals surface area contributed by atoms with E-state index in [4.69, 9.17) is 0 Å². The summed E-state index contributed by atoms with van der Waals surface area (Å²) in [6.07, 6.45) is 1.81. The molecule has 3 aromatic rings. The number of rotatable bonds is 4. The molecule has 0 N–H and O–H groups in total. The number of amides is 4. The maximum atomic E-state index is 13.5. The minimum atomic E-state index is -0.988. The van der Waals surface area contributed by atoms with E-state index < -0.39 is 5.41 Å². The largest absolute Gasteiger partial charge is 0.341 e. The van der Waals surface area contributed by atoms with Crippen molar-refractivity contribution in [3.05, 3.63) is 77.9 Å². The van der Waals surface area contributed by atoms with E-state index >= 15 is 0 Å². The van der Waals surface area contributed by atoms with E-state index in [1.807, 2.05) is 71.6 Å². The number of anilines is 1. The molecule has 1 atom stereocenters. The van der Waals surface area contributed by atoms with Gasteiger partial charge in [0.25, 0.3) is 0 Å². The summed E-state index contributed by atoms with van der Waals surface area (Å²) in [4.78, 5) is 56.9. The first kappa shape index (κ1) is 23.4. The van der Waals surface area contributed by atoms with Gasteiger partial charge >= 0.3 is 0 Å². The predicted molar refractivity (Wildman–Crippen MR) is 140 cm³/mol. The van der Waals surface area contributed by atoms with Crippen molar-refractivity contribution in [1.29, 1.82) is 0 Å². The van der Waals surface area contributed by atoms with Gasteiger partial charge in [-0.2, -0.15) is 0 Å². The molecule has 0 saturated carbocycles. The van der Waals surface area contributed by atoms with Crippen LogP contribution in [-0.4, -0.2) is 59.1 Å². The lowest BCUT2D eigenvalue weighted by atomic mass is 9.80. The lowest BCUT2D eigenvalue weighted by Gasteiger charge is -2.37. The van der Waals surface area contributed by atoms with E-state index in [1.54, 1.807) is 11.8 Å². The average molecular weight is 496 g/mol. The first-order chi connectivity index (χ1) is 17.8. The van der Waals surface area contributed by atoms with Crippen molar-refractivity contribution in [2.24, 2.45) is 0 Å². The molecule has 3 aliphatic rings. The van der Waals surface area contributed by atoms with E-state index in [1.165, 1.54) is 0 Å². The van der Waals surface area contributed by atoms with E-state index in [2.05, 4.69) is 0 Å². The van der Waals surface area contributed by atoms with Crippen molar-refractivity contribution >= 4 is 40.1 Å². The summed E-state index contributed by atoms with van der Waals surface area (Å²) < 4.78 is 0. The Labute approximate surface area is 215 Å². The second-order valence-electron chi connectivity index (χ2n) is 10.5. The van der Waals surface area contributed by atoms with Crippen molar-refractivity contribution in [2.45, 2.75) is 44.1 Å². The second kappa shape index (κ2) is 8.83. The minimum Gasteiger partial charge on any atom is -0.341 e. The Morgan fingerprint density at radius 3 is 2.38 bits per heavy atom. The van der Waals surface area contributed by atoms with Crippen molar-refractivity contribution in [3.63, 3.8) is 0 Å². The van der Waals surface area contributed by atoms with Gasteiger partial charge in [0.1, 0.15) is 6.54 Å². The normalized spacial score (nSPS) is 22.3. The van der Waals surface area contributed by atoms with Gasteiger partial charge in [-0.3, -0.25) is 24.1 Å². The quantitative estimate of drug-likeness (QED) is 0.520. The number of benzene rings is 3. The third-order valence-corrected chi connectivity index (χ3v) is 8.25. The Kier molecular flexibility index (Phi) is 5.59. The summed E-state index contributed by atoms with van der Waals surface area (Å²) in [7, 11) is 0. The third-order valence-electron chi connectivity index (χ3n) is 8.25. The number of hydrogen-bond acceptors (Lipinski definition) is 4. The highest BCUT2D eigenvalue weighted by Crippen LogP contribution is 2.38. The van der Waals surface area contributed by atoms with Gasteiger partial charge in [0.05, 0.1) is 11.8 Å².